The Labute approximate surface area is 185 Å². The number of anilines is 1. The first-order chi connectivity index (χ1) is 16.0. The van der Waals surface area contributed by atoms with E-state index in [0.717, 1.165) is 5.56 Å². The molecule has 0 saturated carbocycles. The molecule has 0 spiro atoms. The van der Waals surface area contributed by atoms with Crippen LogP contribution in [-0.2, 0) is 17.8 Å². The van der Waals surface area contributed by atoms with Crippen LogP contribution in [0.15, 0.2) is 61.1 Å². The topological polar surface area (TPSA) is 86.0 Å². The average molecular weight is 452 g/mol. The summed E-state index contributed by atoms with van der Waals surface area (Å²) < 4.78 is 44.5. The van der Waals surface area contributed by atoms with Gasteiger partial charge in [0.05, 0.1) is 24.2 Å². The standard InChI is InChI=1S/C22H15F3N6O2/c23-17-7-9-31(29-17)15-5-3-13(4-6-15)12-30-18(32)10-14-11-27-19(28-20(14)30)16-2-1-8-26-21(16)33-22(24)25/h1-9,11,22H,10,12H2. The van der Waals surface area contributed by atoms with E-state index in [-0.39, 0.29) is 36.1 Å². The zero-order chi connectivity index (χ0) is 22.9. The number of pyridine rings is 1. The predicted octanol–water partition coefficient (Wildman–Crippen LogP) is 3.55. The molecule has 0 atom stereocenters. The van der Waals surface area contributed by atoms with Gasteiger partial charge in [-0.1, -0.05) is 12.1 Å². The minimum Gasteiger partial charge on any atom is -0.416 e. The van der Waals surface area contributed by atoms with E-state index in [4.69, 9.17) is 0 Å². The Balaban J connectivity index is 1.42. The van der Waals surface area contributed by atoms with Gasteiger partial charge in [0, 0.05) is 30.2 Å². The number of aromatic nitrogens is 5. The van der Waals surface area contributed by atoms with Crippen molar-refractivity contribution in [2.45, 2.75) is 19.6 Å². The molecule has 0 N–H and O–H groups in total. The third-order valence-electron chi connectivity index (χ3n) is 5.05. The number of hydrogen-bond donors (Lipinski definition) is 0. The van der Waals surface area contributed by atoms with Crippen LogP contribution in [0.5, 0.6) is 5.88 Å². The average Bonchev–Trinajstić information content (AvgIpc) is 3.37. The maximum atomic E-state index is 13.2. The van der Waals surface area contributed by atoms with E-state index >= 15 is 0 Å². The molecule has 11 heteroatoms. The van der Waals surface area contributed by atoms with Gasteiger partial charge in [-0.15, -0.1) is 5.10 Å². The third-order valence-corrected chi connectivity index (χ3v) is 5.05. The summed E-state index contributed by atoms with van der Waals surface area (Å²) >= 11 is 0. The fourth-order valence-corrected chi connectivity index (χ4v) is 3.55. The van der Waals surface area contributed by atoms with Crippen molar-refractivity contribution in [3.05, 3.63) is 78.1 Å². The predicted molar refractivity (Wildman–Crippen MR) is 110 cm³/mol. The molecule has 4 heterocycles. The Morgan fingerprint density at radius 2 is 1.91 bits per heavy atom. The normalized spacial score (nSPS) is 13.0. The second-order valence-electron chi connectivity index (χ2n) is 7.18. The molecule has 1 aromatic carbocycles. The molecule has 0 unspecified atom stereocenters. The first-order valence-electron chi connectivity index (χ1n) is 9.85. The first-order valence-corrected chi connectivity index (χ1v) is 9.85. The van der Waals surface area contributed by atoms with Crippen molar-refractivity contribution in [2.24, 2.45) is 0 Å². The van der Waals surface area contributed by atoms with E-state index < -0.39 is 12.6 Å². The highest BCUT2D eigenvalue weighted by Crippen LogP contribution is 2.32. The van der Waals surface area contributed by atoms with Gasteiger partial charge in [0.25, 0.3) is 0 Å². The molecule has 8 nitrogen and oxygen atoms in total. The number of ether oxygens (including phenoxy) is 1. The van der Waals surface area contributed by atoms with Crippen molar-refractivity contribution in [3.8, 4) is 23.0 Å². The smallest absolute Gasteiger partial charge is 0.388 e. The monoisotopic (exact) mass is 452 g/mol. The molecule has 0 bridgehead atoms. The summed E-state index contributed by atoms with van der Waals surface area (Å²) in [6, 6.07) is 11.5. The summed E-state index contributed by atoms with van der Waals surface area (Å²) in [5.74, 6) is -0.522. The molecule has 5 rings (SSSR count). The number of hydrogen-bond acceptors (Lipinski definition) is 6. The van der Waals surface area contributed by atoms with Gasteiger partial charge >= 0.3 is 6.61 Å². The molecule has 4 aromatic rings. The van der Waals surface area contributed by atoms with E-state index in [1.54, 1.807) is 30.3 Å². The molecule has 0 aliphatic carbocycles. The molecule has 1 aliphatic rings. The van der Waals surface area contributed by atoms with Gasteiger partial charge in [-0.2, -0.15) is 13.2 Å². The van der Waals surface area contributed by atoms with E-state index in [0.29, 0.717) is 17.1 Å². The summed E-state index contributed by atoms with van der Waals surface area (Å²) in [5.41, 5.74) is 2.31. The molecule has 0 fully saturated rings. The van der Waals surface area contributed by atoms with Crippen LogP contribution in [0.1, 0.15) is 11.1 Å². The van der Waals surface area contributed by atoms with Crippen LogP contribution in [-0.4, -0.2) is 37.3 Å². The number of rotatable bonds is 6. The number of nitrogens with zero attached hydrogens (tertiary/aromatic N) is 6. The Hall–Kier alpha value is -4.28. The minimum absolute atomic E-state index is 0.119. The summed E-state index contributed by atoms with van der Waals surface area (Å²) in [4.78, 5) is 26.7. The number of alkyl halides is 2. The lowest BCUT2D eigenvalue weighted by molar-refractivity contribution is -0.117. The fraction of sp³-hybridized carbons (Fsp3) is 0.136. The Bertz CT molecular complexity index is 1330. The van der Waals surface area contributed by atoms with Crippen molar-refractivity contribution in [3.63, 3.8) is 0 Å². The van der Waals surface area contributed by atoms with Gasteiger partial charge in [-0.05, 0) is 29.8 Å². The van der Waals surface area contributed by atoms with Gasteiger partial charge in [-0.3, -0.25) is 9.69 Å². The molecular formula is C22H15F3N6O2. The molecule has 3 aromatic heterocycles. The van der Waals surface area contributed by atoms with Crippen LogP contribution in [0.4, 0.5) is 19.0 Å². The van der Waals surface area contributed by atoms with Crippen molar-refractivity contribution in [2.75, 3.05) is 4.90 Å². The Morgan fingerprint density at radius 1 is 1.09 bits per heavy atom. The number of halogens is 3. The highest BCUT2D eigenvalue weighted by molar-refractivity contribution is 6.00. The molecule has 166 valence electrons. The number of amides is 1. The summed E-state index contributed by atoms with van der Waals surface area (Å²) in [5, 5.41) is 3.73. The van der Waals surface area contributed by atoms with Crippen LogP contribution in [0.3, 0.4) is 0 Å². The van der Waals surface area contributed by atoms with Gasteiger partial charge in [0.15, 0.2) is 5.82 Å². The van der Waals surface area contributed by atoms with Crippen molar-refractivity contribution < 1.29 is 22.7 Å². The quantitative estimate of drug-likeness (QED) is 0.445. The molecule has 1 amide bonds. The lowest BCUT2D eigenvalue weighted by atomic mass is 10.2. The van der Waals surface area contributed by atoms with Gasteiger partial charge in [0.1, 0.15) is 5.82 Å². The third kappa shape index (κ3) is 4.12. The second-order valence-corrected chi connectivity index (χ2v) is 7.18. The van der Waals surface area contributed by atoms with Crippen LogP contribution in [0.25, 0.3) is 17.1 Å². The number of benzene rings is 1. The van der Waals surface area contributed by atoms with E-state index in [2.05, 4.69) is 24.8 Å². The van der Waals surface area contributed by atoms with Crippen LogP contribution < -0.4 is 9.64 Å². The Kier molecular flexibility index (Phi) is 5.21. The largest absolute Gasteiger partial charge is 0.416 e. The van der Waals surface area contributed by atoms with Crippen molar-refractivity contribution in [1.29, 1.82) is 0 Å². The SMILES string of the molecule is O=C1Cc2cnc(-c3cccnc3OC(F)F)nc2N1Cc1ccc(-n2ccc(F)n2)cc1. The van der Waals surface area contributed by atoms with E-state index in [9.17, 15) is 18.0 Å². The fourth-order valence-electron chi connectivity index (χ4n) is 3.55. The second kappa shape index (κ2) is 8.34. The number of fused-ring (bicyclic) bond motifs is 1. The van der Waals surface area contributed by atoms with E-state index in [1.165, 1.54) is 40.3 Å². The van der Waals surface area contributed by atoms with Crippen LogP contribution >= 0.6 is 0 Å². The number of carbonyl (C=O) groups is 1. The van der Waals surface area contributed by atoms with Gasteiger partial charge in [0.2, 0.25) is 17.7 Å². The zero-order valence-electron chi connectivity index (χ0n) is 16.9. The van der Waals surface area contributed by atoms with Crippen molar-refractivity contribution >= 4 is 11.7 Å². The molecule has 0 radical (unpaired) electrons. The summed E-state index contributed by atoms with van der Waals surface area (Å²) in [6.07, 6.45) is 4.47. The first kappa shape index (κ1) is 20.6. The molecular weight excluding hydrogens is 437 g/mol. The van der Waals surface area contributed by atoms with Gasteiger partial charge in [-0.25, -0.2) is 19.6 Å². The van der Waals surface area contributed by atoms with Crippen molar-refractivity contribution in [1.82, 2.24) is 24.7 Å². The maximum Gasteiger partial charge on any atom is 0.388 e. The lowest BCUT2D eigenvalue weighted by Gasteiger charge is -2.17. The van der Waals surface area contributed by atoms with E-state index in [1.807, 2.05) is 0 Å². The molecule has 1 aliphatic heterocycles. The maximum absolute atomic E-state index is 13.2. The zero-order valence-corrected chi connectivity index (χ0v) is 16.9. The molecule has 0 saturated heterocycles. The summed E-state index contributed by atoms with van der Waals surface area (Å²) in [6.45, 7) is -2.81. The van der Waals surface area contributed by atoms with Crippen LogP contribution in [0.2, 0.25) is 0 Å². The lowest BCUT2D eigenvalue weighted by Crippen LogP contribution is -2.26. The highest BCUT2D eigenvalue weighted by atomic mass is 19.3. The molecule has 33 heavy (non-hydrogen) atoms. The Morgan fingerprint density at radius 3 is 2.64 bits per heavy atom. The minimum atomic E-state index is -3.05. The van der Waals surface area contributed by atoms with Crippen LogP contribution in [0, 0.1) is 5.95 Å². The van der Waals surface area contributed by atoms with Gasteiger partial charge < -0.3 is 4.74 Å². The number of carbonyl (C=O) groups excluding carboxylic acids is 1. The summed E-state index contributed by atoms with van der Waals surface area (Å²) in [7, 11) is 0. The highest BCUT2D eigenvalue weighted by Gasteiger charge is 2.30.